The number of carbonyl (C=O) groups excluding carboxylic acids is 3. The molecule has 2 aliphatic rings. The first kappa shape index (κ1) is 24.8. The van der Waals surface area contributed by atoms with Crippen LogP contribution in [0.4, 0.5) is 5.13 Å². The molecule has 1 N–H and O–H groups in total. The van der Waals surface area contributed by atoms with Gasteiger partial charge in [-0.2, -0.15) is 0 Å². The molecule has 7 nitrogen and oxygen atoms in total. The van der Waals surface area contributed by atoms with Crippen LogP contribution in [-0.4, -0.2) is 58.2 Å². The van der Waals surface area contributed by atoms with E-state index in [0.29, 0.717) is 35.4 Å². The average molecular weight is 519 g/mol. The van der Waals surface area contributed by atoms with Crippen molar-refractivity contribution in [3.8, 4) is 0 Å². The summed E-state index contributed by atoms with van der Waals surface area (Å²) >= 11 is 9.32. The number of amides is 3. The van der Waals surface area contributed by atoms with E-state index in [1.807, 2.05) is 30.9 Å². The SMILES string of the molecule is C=CC(=O)N1CCN(C(=O)c2cc(Sc3cnc(NC(=O)C4CC4)s3)c(Cl)cc2C)CC1CC. The van der Waals surface area contributed by atoms with Crippen molar-refractivity contribution in [3.63, 3.8) is 0 Å². The number of anilines is 1. The summed E-state index contributed by atoms with van der Waals surface area (Å²) in [4.78, 5) is 46.2. The van der Waals surface area contributed by atoms with Crippen molar-refractivity contribution < 1.29 is 14.4 Å². The van der Waals surface area contributed by atoms with Crippen molar-refractivity contribution in [3.05, 3.63) is 47.1 Å². The van der Waals surface area contributed by atoms with Crippen LogP contribution < -0.4 is 5.32 Å². The standard InChI is InChI=1S/C24H27ClN4O3S2/c1-4-16-13-28(8-9-29(16)20(30)5-2)23(32)17-11-19(18(25)10-14(17)3)33-21-12-26-24(34-21)27-22(31)15-6-7-15/h5,10-12,15-16H,2,4,6-9,13H2,1,3H3,(H,26,27,31). The second kappa shape index (κ2) is 10.5. The number of nitrogens with one attached hydrogen (secondary N) is 1. The Morgan fingerprint density at radius 2 is 2.09 bits per heavy atom. The summed E-state index contributed by atoms with van der Waals surface area (Å²) in [5, 5.41) is 3.98. The molecule has 1 aliphatic heterocycles. The Hall–Kier alpha value is -2.36. The van der Waals surface area contributed by atoms with Gasteiger partial charge >= 0.3 is 0 Å². The van der Waals surface area contributed by atoms with Gasteiger partial charge in [-0.25, -0.2) is 4.98 Å². The number of rotatable bonds is 7. The number of halogens is 1. The summed E-state index contributed by atoms with van der Waals surface area (Å²) in [6.07, 6.45) is 5.67. The lowest BCUT2D eigenvalue weighted by molar-refractivity contribution is -0.130. The molecule has 34 heavy (non-hydrogen) atoms. The van der Waals surface area contributed by atoms with E-state index < -0.39 is 0 Å². The number of hydrogen-bond donors (Lipinski definition) is 1. The van der Waals surface area contributed by atoms with Gasteiger partial charge in [0.2, 0.25) is 11.8 Å². The second-order valence-corrected chi connectivity index (χ2v) is 11.3. The molecular weight excluding hydrogens is 492 g/mol. The molecule has 0 bridgehead atoms. The minimum Gasteiger partial charge on any atom is -0.335 e. The lowest BCUT2D eigenvalue weighted by atomic mass is 10.0. The van der Waals surface area contributed by atoms with Gasteiger partial charge in [0.1, 0.15) is 0 Å². The van der Waals surface area contributed by atoms with Gasteiger partial charge in [-0.05, 0) is 50.0 Å². The molecule has 0 radical (unpaired) electrons. The molecule has 180 valence electrons. The van der Waals surface area contributed by atoms with Gasteiger partial charge in [-0.1, -0.05) is 48.2 Å². The fourth-order valence-electron chi connectivity index (χ4n) is 3.95. The highest BCUT2D eigenvalue weighted by Gasteiger charge is 2.32. The fraction of sp³-hybridized carbons (Fsp3) is 0.417. The molecule has 1 aromatic heterocycles. The van der Waals surface area contributed by atoms with Crippen LogP contribution in [0.5, 0.6) is 0 Å². The number of piperazine rings is 1. The van der Waals surface area contributed by atoms with Crippen LogP contribution in [0.25, 0.3) is 0 Å². The molecule has 1 unspecified atom stereocenters. The van der Waals surface area contributed by atoms with Crippen LogP contribution in [-0.2, 0) is 9.59 Å². The molecule has 0 spiro atoms. The van der Waals surface area contributed by atoms with Crippen molar-refractivity contribution in [2.75, 3.05) is 25.0 Å². The van der Waals surface area contributed by atoms with Gasteiger partial charge in [-0.15, -0.1) is 0 Å². The number of aryl methyl sites for hydroxylation is 1. The molecule has 1 atom stereocenters. The summed E-state index contributed by atoms with van der Waals surface area (Å²) in [6.45, 7) is 8.92. The van der Waals surface area contributed by atoms with Crippen molar-refractivity contribution in [2.24, 2.45) is 5.92 Å². The number of hydrogen-bond acceptors (Lipinski definition) is 6. The minimum atomic E-state index is -0.0995. The molecule has 1 aromatic carbocycles. The summed E-state index contributed by atoms with van der Waals surface area (Å²) in [5.41, 5.74) is 1.40. The van der Waals surface area contributed by atoms with E-state index in [1.165, 1.54) is 29.2 Å². The number of benzene rings is 1. The summed E-state index contributed by atoms with van der Waals surface area (Å²) < 4.78 is 0.873. The highest BCUT2D eigenvalue weighted by atomic mass is 35.5. The molecule has 2 aromatic rings. The summed E-state index contributed by atoms with van der Waals surface area (Å²) in [6, 6.07) is 3.60. The monoisotopic (exact) mass is 518 g/mol. The maximum atomic E-state index is 13.4. The van der Waals surface area contributed by atoms with Crippen molar-refractivity contribution >= 4 is 57.6 Å². The van der Waals surface area contributed by atoms with Crippen LogP contribution in [0.3, 0.4) is 0 Å². The molecule has 1 saturated heterocycles. The smallest absolute Gasteiger partial charge is 0.254 e. The van der Waals surface area contributed by atoms with Crippen LogP contribution in [0.15, 0.2) is 40.1 Å². The first-order valence-electron chi connectivity index (χ1n) is 11.3. The molecule has 1 aliphatic carbocycles. The Bertz CT molecular complexity index is 1130. The first-order chi connectivity index (χ1) is 16.3. The van der Waals surface area contributed by atoms with Crippen molar-refractivity contribution in [1.29, 1.82) is 0 Å². The molecule has 2 heterocycles. The topological polar surface area (TPSA) is 82.6 Å². The normalized spacial score (nSPS) is 18.0. The Labute approximate surface area is 212 Å². The van der Waals surface area contributed by atoms with Crippen molar-refractivity contribution in [1.82, 2.24) is 14.8 Å². The molecule has 3 amide bonds. The van der Waals surface area contributed by atoms with Gasteiger partial charge in [-0.3, -0.25) is 14.4 Å². The zero-order valence-electron chi connectivity index (χ0n) is 19.2. The summed E-state index contributed by atoms with van der Waals surface area (Å²) in [7, 11) is 0. The van der Waals surface area contributed by atoms with E-state index in [0.717, 1.165) is 33.9 Å². The predicted molar refractivity (Wildman–Crippen MR) is 136 cm³/mol. The van der Waals surface area contributed by atoms with Gasteiger partial charge in [0.15, 0.2) is 5.13 Å². The largest absolute Gasteiger partial charge is 0.335 e. The van der Waals surface area contributed by atoms with E-state index >= 15 is 0 Å². The minimum absolute atomic E-state index is 0.0208. The summed E-state index contributed by atoms with van der Waals surface area (Å²) in [5.74, 6) is -0.0315. The number of aromatic nitrogens is 1. The van der Waals surface area contributed by atoms with Crippen molar-refractivity contribution in [2.45, 2.75) is 48.3 Å². The molecule has 10 heteroatoms. The molecule has 1 saturated carbocycles. The Kier molecular flexibility index (Phi) is 7.64. The lowest BCUT2D eigenvalue weighted by Gasteiger charge is -2.41. The number of thiazole rings is 1. The van der Waals surface area contributed by atoms with Crippen LogP contribution in [0.2, 0.25) is 5.02 Å². The van der Waals surface area contributed by atoms with E-state index in [2.05, 4.69) is 16.9 Å². The van der Waals surface area contributed by atoms with Crippen LogP contribution in [0.1, 0.15) is 42.1 Å². The number of nitrogens with zero attached hydrogens (tertiary/aromatic N) is 3. The zero-order chi connectivity index (χ0) is 24.4. The predicted octanol–water partition coefficient (Wildman–Crippen LogP) is 4.85. The Morgan fingerprint density at radius 1 is 1.32 bits per heavy atom. The van der Waals surface area contributed by atoms with Gasteiger partial charge < -0.3 is 15.1 Å². The molecule has 4 rings (SSSR count). The fourth-order valence-corrected chi connectivity index (χ4v) is 6.17. The van der Waals surface area contributed by atoms with E-state index in [-0.39, 0.29) is 29.7 Å². The second-order valence-electron chi connectivity index (χ2n) is 8.50. The lowest BCUT2D eigenvalue weighted by Crippen LogP contribution is -2.56. The maximum absolute atomic E-state index is 13.4. The first-order valence-corrected chi connectivity index (χ1v) is 13.3. The highest BCUT2D eigenvalue weighted by molar-refractivity contribution is 8.01. The third kappa shape index (κ3) is 5.47. The quantitative estimate of drug-likeness (QED) is 0.529. The van der Waals surface area contributed by atoms with Gasteiger partial charge in [0, 0.05) is 42.1 Å². The molecule has 2 fully saturated rings. The van der Waals surface area contributed by atoms with Gasteiger partial charge in [0.05, 0.1) is 15.4 Å². The van der Waals surface area contributed by atoms with Gasteiger partial charge in [0.25, 0.3) is 5.91 Å². The Morgan fingerprint density at radius 3 is 2.76 bits per heavy atom. The van der Waals surface area contributed by atoms with E-state index in [1.54, 1.807) is 11.1 Å². The van der Waals surface area contributed by atoms with Crippen LogP contribution >= 0.6 is 34.7 Å². The van der Waals surface area contributed by atoms with E-state index in [9.17, 15) is 14.4 Å². The average Bonchev–Trinajstić information content (AvgIpc) is 3.60. The number of carbonyl (C=O) groups is 3. The third-order valence-corrected chi connectivity index (χ3v) is 8.58. The Balaban J connectivity index is 1.48. The zero-order valence-corrected chi connectivity index (χ0v) is 21.6. The molecular formula is C24H27ClN4O3S2. The van der Waals surface area contributed by atoms with Crippen LogP contribution in [0, 0.1) is 12.8 Å². The third-order valence-electron chi connectivity index (χ3n) is 6.08. The van der Waals surface area contributed by atoms with E-state index in [4.69, 9.17) is 11.6 Å². The highest BCUT2D eigenvalue weighted by Crippen LogP contribution is 2.39. The maximum Gasteiger partial charge on any atom is 0.254 e.